The molecule has 4 heteroatoms. The van der Waals surface area contributed by atoms with Crippen LogP contribution in [0.25, 0.3) is 66.6 Å². The van der Waals surface area contributed by atoms with Crippen molar-refractivity contribution in [1.82, 2.24) is 14.5 Å². The number of hydrogen-bond acceptors (Lipinski definition) is 3. The van der Waals surface area contributed by atoms with Crippen LogP contribution in [0.3, 0.4) is 0 Å². The molecule has 4 nitrogen and oxygen atoms in total. The van der Waals surface area contributed by atoms with Crippen molar-refractivity contribution in [2.75, 3.05) is 4.90 Å². The first-order valence-corrected chi connectivity index (χ1v) is 20.6. The molecule has 11 rings (SSSR count). The summed E-state index contributed by atoms with van der Waals surface area (Å²) in [5.74, 6) is 0.234. The third-order valence-electron chi connectivity index (χ3n) is 11.8. The molecule has 0 radical (unpaired) electrons. The average Bonchev–Trinajstić information content (AvgIpc) is 3.66. The fourth-order valence-electron chi connectivity index (χ4n) is 8.96. The van der Waals surface area contributed by atoms with Crippen LogP contribution in [0.1, 0.15) is 23.5 Å². The SMILES string of the molecule is C1=CCC(c2ccccc2)C(c2cccc3nc(-c4ccccc4)c(-c4ccc(N(c5ccccc5)c5ccc6c(c5)c5ccccc5n6-c5ccccc5)cc4)nc23)=C1. The second-order valence-electron chi connectivity index (χ2n) is 15.3. The van der Waals surface area contributed by atoms with Crippen LogP contribution in [0.2, 0.25) is 0 Å². The predicted octanol–water partition coefficient (Wildman–Crippen LogP) is 14.7. The Kier molecular flexibility index (Phi) is 8.94. The highest BCUT2D eigenvalue weighted by Gasteiger charge is 2.24. The summed E-state index contributed by atoms with van der Waals surface area (Å²) in [6.07, 6.45) is 7.64. The zero-order chi connectivity index (χ0) is 39.8. The van der Waals surface area contributed by atoms with Crippen LogP contribution in [-0.2, 0) is 0 Å². The molecule has 60 heavy (non-hydrogen) atoms. The van der Waals surface area contributed by atoms with E-state index in [0.29, 0.717) is 0 Å². The molecule has 1 unspecified atom stereocenters. The molecule has 10 aromatic rings. The van der Waals surface area contributed by atoms with E-state index < -0.39 is 0 Å². The van der Waals surface area contributed by atoms with Gasteiger partial charge in [0.2, 0.25) is 0 Å². The van der Waals surface area contributed by atoms with Gasteiger partial charge in [-0.3, -0.25) is 0 Å². The zero-order valence-electron chi connectivity index (χ0n) is 32.9. The molecule has 0 fully saturated rings. The number of anilines is 3. The maximum Gasteiger partial charge on any atom is 0.0973 e. The van der Waals surface area contributed by atoms with Crippen molar-refractivity contribution in [2.45, 2.75) is 12.3 Å². The number of aromatic nitrogens is 3. The summed E-state index contributed by atoms with van der Waals surface area (Å²) in [4.78, 5) is 13.3. The maximum absolute atomic E-state index is 5.56. The van der Waals surface area contributed by atoms with Gasteiger partial charge in [0.15, 0.2) is 0 Å². The van der Waals surface area contributed by atoms with Crippen molar-refractivity contribution in [3.8, 4) is 28.2 Å². The Hall–Kier alpha value is -7.82. The van der Waals surface area contributed by atoms with Crippen LogP contribution in [0.4, 0.5) is 17.1 Å². The first-order valence-electron chi connectivity index (χ1n) is 20.6. The molecule has 1 atom stereocenters. The van der Waals surface area contributed by atoms with Gasteiger partial charge in [-0.05, 0) is 84.3 Å². The highest BCUT2D eigenvalue weighted by Crippen LogP contribution is 2.43. The van der Waals surface area contributed by atoms with Gasteiger partial charge in [-0.15, -0.1) is 0 Å². The van der Waals surface area contributed by atoms with E-state index >= 15 is 0 Å². The van der Waals surface area contributed by atoms with E-state index in [1.54, 1.807) is 0 Å². The number of benzene rings is 8. The lowest BCUT2D eigenvalue weighted by molar-refractivity contribution is 0.874. The second kappa shape index (κ2) is 15.2. The molecular weight excluding hydrogens is 729 g/mol. The summed E-state index contributed by atoms with van der Waals surface area (Å²) >= 11 is 0. The fourth-order valence-corrected chi connectivity index (χ4v) is 8.96. The third-order valence-corrected chi connectivity index (χ3v) is 11.8. The van der Waals surface area contributed by atoms with Crippen LogP contribution in [0.15, 0.2) is 224 Å². The van der Waals surface area contributed by atoms with Crippen LogP contribution in [-0.4, -0.2) is 14.5 Å². The van der Waals surface area contributed by atoms with E-state index in [2.05, 4.69) is 228 Å². The topological polar surface area (TPSA) is 34.0 Å². The normalized spacial score (nSPS) is 13.8. The van der Waals surface area contributed by atoms with Gasteiger partial charge in [0.05, 0.1) is 33.5 Å². The summed E-state index contributed by atoms with van der Waals surface area (Å²) in [5.41, 5.74) is 16.0. The molecule has 0 saturated heterocycles. The Balaban J connectivity index is 1.05. The Morgan fingerprint density at radius 2 is 1.10 bits per heavy atom. The number of nitrogens with zero attached hydrogens (tertiary/aromatic N) is 4. The molecule has 0 saturated carbocycles. The Bertz CT molecular complexity index is 3200. The van der Waals surface area contributed by atoms with E-state index in [1.807, 2.05) is 6.07 Å². The maximum atomic E-state index is 5.56. The van der Waals surface area contributed by atoms with Crippen LogP contribution >= 0.6 is 0 Å². The molecule has 2 heterocycles. The van der Waals surface area contributed by atoms with Crippen molar-refractivity contribution in [3.05, 3.63) is 236 Å². The van der Waals surface area contributed by atoms with Crippen molar-refractivity contribution >= 4 is 55.5 Å². The van der Waals surface area contributed by atoms with Crippen molar-refractivity contribution in [2.24, 2.45) is 0 Å². The lowest BCUT2D eigenvalue weighted by atomic mass is 9.81. The monoisotopic (exact) mass is 768 g/mol. The number of para-hydroxylation sites is 4. The first kappa shape index (κ1) is 35.4. The lowest BCUT2D eigenvalue weighted by Gasteiger charge is -2.26. The highest BCUT2D eigenvalue weighted by molar-refractivity contribution is 6.10. The molecule has 0 bridgehead atoms. The third kappa shape index (κ3) is 6.27. The second-order valence-corrected chi connectivity index (χ2v) is 15.3. The summed E-state index contributed by atoms with van der Waals surface area (Å²) in [6.45, 7) is 0. The molecule has 0 aliphatic heterocycles. The molecule has 0 N–H and O–H groups in total. The molecule has 1 aliphatic rings. The fraction of sp³-hybridized carbons (Fsp3) is 0.0357. The molecular formula is C56H40N4. The van der Waals surface area contributed by atoms with Gasteiger partial charge in [0, 0.05) is 56.1 Å². The Labute approximate surface area is 349 Å². The number of rotatable bonds is 8. The van der Waals surface area contributed by atoms with Crippen molar-refractivity contribution in [3.63, 3.8) is 0 Å². The van der Waals surface area contributed by atoms with E-state index in [0.717, 1.165) is 68.3 Å². The molecule has 0 amide bonds. The van der Waals surface area contributed by atoms with E-state index in [9.17, 15) is 0 Å². The van der Waals surface area contributed by atoms with Gasteiger partial charge in [-0.2, -0.15) is 0 Å². The van der Waals surface area contributed by atoms with E-state index in [4.69, 9.17) is 9.97 Å². The summed E-state index contributed by atoms with van der Waals surface area (Å²) < 4.78 is 2.36. The standard InChI is InChI=1S/C56H40N4/c1-5-18-39(19-6-1)46-26-13-14-27-47(46)49-29-17-30-51-56(49)58-55(54(57-51)40-20-7-2-8-21-40)41-32-34-44(35-33-41)59(42-22-9-3-10-23-42)45-36-37-53-50(38-45)48-28-15-16-31-52(48)60(53)43-24-11-4-12-25-43/h1-25,27-38,46H,26H2. The summed E-state index contributed by atoms with van der Waals surface area (Å²) in [5, 5.41) is 2.43. The van der Waals surface area contributed by atoms with Crippen molar-refractivity contribution < 1.29 is 0 Å². The summed E-state index contributed by atoms with van der Waals surface area (Å²) in [6, 6.07) is 73.2. The highest BCUT2D eigenvalue weighted by atomic mass is 15.1. The van der Waals surface area contributed by atoms with Crippen LogP contribution in [0, 0.1) is 0 Å². The molecule has 284 valence electrons. The van der Waals surface area contributed by atoms with E-state index in [1.165, 1.54) is 32.9 Å². The van der Waals surface area contributed by atoms with Gasteiger partial charge >= 0.3 is 0 Å². The van der Waals surface area contributed by atoms with Gasteiger partial charge in [-0.1, -0.05) is 158 Å². The average molecular weight is 769 g/mol. The van der Waals surface area contributed by atoms with Gasteiger partial charge < -0.3 is 9.47 Å². The van der Waals surface area contributed by atoms with Gasteiger partial charge in [0.25, 0.3) is 0 Å². The summed E-state index contributed by atoms with van der Waals surface area (Å²) in [7, 11) is 0. The van der Waals surface area contributed by atoms with Gasteiger partial charge in [-0.25, -0.2) is 9.97 Å². The van der Waals surface area contributed by atoms with Crippen molar-refractivity contribution in [1.29, 1.82) is 0 Å². The molecule has 1 aliphatic carbocycles. The first-order chi connectivity index (χ1) is 29.8. The minimum Gasteiger partial charge on any atom is -0.310 e. The number of fused-ring (bicyclic) bond motifs is 4. The van der Waals surface area contributed by atoms with E-state index in [-0.39, 0.29) is 5.92 Å². The zero-order valence-corrected chi connectivity index (χ0v) is 32.9. The van der Waals surface area contributed by atoms with Crippen LogP contribution in [0.5, 0.6) is 0 Å². The Morgan fingerprint density at radius 1 is 0.483 bits per heavy atom. The Morgan fingerprint density at radius 3 is 1.88 bits per heavy atom. The lowest BCUT2D eigenvalue weighted by Crippen LogP contribution is -2.10. The minimum atomic E-state index is 0.234. The number of hydrogen-bond donors (Lipinski definition) is 0. The molecule has 0 spiro atoms. The quantitative estimate of drug-likeness (QED) is 0.154. The van der Waals surface area contributed by atoms with Gasteiger partial charge in [0.1, 0.15) is 0 Å². The molecule has 2 aromatic heterocycles. The number of allylic oxidation sites excluding steroid dienone is 4. The minimum absolute atomic E-state index is 0.234. The predicted molar refractivity (Wildman–Crippen MR) is 250 cm³/mol. The smallest absolute Gasteiger partial charge is 0.0973 e. The molecule has 8 aromatic carbocycles. The largest absolute Gasteiger partial charge is 0.310 e. The van der Waals surface area contributed by atoms with Crippen LogP contribution < -0.4 is 4.90 Å².